The van der Waals surface area contributed by atoms with Crippen LogP contribution in [0, 0.1) is 0 Å². The maximum absolute atomic E-state index is 6.07. The first kappa shape index (κ1) is 22.2. The summed E-state index contributed by atoms with van der Waals surface area (Å²) in [5.74, 6) is 1.49. The van der Waals surface area contributed by atoms with Gasteiger partial charge in [0.25, 0.3) is 0 Å². The topological polar surface area (TPSA) is 112 Å². The standard InChI is InChI=1S/C22H37N7O2/c1-30-13-14-31-12-4-11-24-20-19-21(29(15-25-19)18-5-2-3-6-18)28-22(27-20)26-17-9-7-16(23)8-10-17/h15-18H,2-14,23H2,1H3,(H2,24,26,27,28)/t16-,17-. The third kappa shape index (κ3) is 5.84. The Bertz CT molecular complexity index is 814. The number of methoxy groups -OCH3 is 1. The Balaban J connectivity index is 1.47. The number of hydrogen-bond donors (Lipinski definition) is 3. The number of hydrogen-bond acceptors (Lipinski definition) is 8. The smallest absolute Gasteiger partial charge is 0.227 e. The molecule has 0 aliphatic heterocycles. The molecule has 0 bridgehead atoms. The monoisotopic (exact) mass is 431 g/mol. The first-order valence-corrected chi connectivity index (χ1v) is 11.8. The molecule has 172 valence electrons. The first-order valence-electron chi connectivity index (χ1n) is 11.8. The minimum Gasteiger partial charge on any atom is -0.382 e. The molecule has 4 N–H and O–H groups in total. The Morgan fingerprint density at radius 3 is 2.65 bits per heavy atom. The molecule has 2 aromatic rings. The van der Waals surface area contributed by atoms with Crippen LogP contribution in [-0.2, 0) is 9.47 Å². The zero-order valence-electron chi connectivity index (χ0n) is 18.7. The van der Waals surface area contributed by atoms with Gasteiger partial charge in [0.15, 0.2) is 17.0 Å². The normalized spacial score (nSPS) is 22.3. The number of nitrogens with zero attached hydrogens (tertiary/aromatic N) is 4. The van der Waals surface area contributed by atoms with Gasteiger partial charge in [-0.15, -0.1) is 0 Å². The molecule has 2 heterocycles. The van der Waals surface area contributed by atoms with Crippen LogP contribution < -0.4 is 16.4 Å². The van der Waals surface area contributed by atoms with Gasteiger partial charge in [0.2, 0.25) is 5.95 Å². The number of fused-ring (bicyclic) bond motifs is 1. The molecule has 0 saturated heterocycles. The van der Waals surface area contributed by atoms with Gasteiger partial charge in [-0.2, -0.15) is 9.97 Å². The quantitative estimate of drug-likeness (QED) is 0.465. The van der Waals surface area contributed by atoms with Crippen LogP contribution in [0.15, 0.2) is 6.33 Å². The van der Waals surface area contributed by atoms with Crippen LogP contribution in [0.5, 0.6) is 0 Å². The SMILES string of the molecule is COCCOCCCNc1nc(N[C@H]2CC[C@H](N)CC2)nc2c1ncn2C1CCCC1. The molecule has 2 aliphatic carbocycles. The van der Waals surface area contributed by atoms with Crippen LogP contribution in [0.4, 0.5) is 11.8 Å². The minimum atomic E-state index is 0.327. The average Bonchev–Trinajstić information content (AvgIpc) is 3.44. The number of aromatic nitrogens is 4. The molecule has 0 atom stereocenters. The highest BCUT2D eigenvalue weighted by atomic mass is 16.5. The zero-order chi connectivity index (χ0) is 21.5. The van der Waals surface area contributed by atoms with E-state index in [1.807, 2.05) is 6.33 Å². The first-order chi connectivity index (χ1) is 15.2. The third-order valence-electron chi connectivity index (χ3n) is 6.43. The van der Waals surface area contributed by atoms with Crippen LogP contribution >= 0.6 is 0 Å². The summed E-state index contributed by atoms with van der Waals surface area (Å²) in [5.41, 5.74) is 7.85. The van der Waals surface area contributed by atoms with Gasteiger partial charge in [-0.05, 0) is 44.9 Å². The second-order valence-corrected chi connectivity index (χ2v) is 8.80. The largest absolute Gasteiger partial charge is 0.382 e. The van der Waals surface area contributed by atoms with Crippen molar-refractivity contribution in [2.75, 3.05) is 44.1 Å². The van der Waals surface area contributed by atoms with E-state index in [1.165, 1.54) is 25.7 Å². The number of rotatable bonds is 11. The molecule has 0 amide bonds. The summed E-state index contributed by atoms with van der Waals surface area (Å²) in [6, 6.07) is 1.19. The van der Waals surface area contributed by atoms with Crippen molar-refractivity contribution < 1.29 is 9.47 Å². The van der Waals surface area contributed by atoms with Crippen molar-refractivity contribution in [3.63, 3.8) is 0 Å². The number of nitrogens with two attached hydrogens (primary N) is 1. The molecule has 2 aliphatic rings. The fourth-order valence-electron chi connectivity index (χ4n) is 4.63. The van der Waals surface area contributed by atoms with E-state index in [0.29, 0.717) is 43.9 Å². The Kier molecular flexibility index (Phi) is 7.93. The van der Waals surface area contributed by atoms with Gasteiger partial charge < -0.3 is 30.4 Å². The van der Waals surface area contributed by atoms with Gasteiger partial charge in [-0.1, -0.05) is 12.8 Å². The Morgan fingerprint density at radius 2 is 1.87 bits per heavy atom. The van der Waals surface area contributed by atoms with E-state index in [1.54, 1.807) is 7.11 Å². The Hall–Kier alpha value is -1.97. The van der Waals surface area contributed by atoms with Crippen LogP contribution in [0.1, 0.15) is 63.8 Å². The van der Waals surface area contributed by atoms with E-state index in [2.05, 4.69) is 20.2 Å². The molecular weight excluding hydrogens is 394 g/mol. The lowest BCUT2D eigenvalue weighted by molar-refractivity contribution is 0.0705. The minimum absolute atomic E-state index is 0.327. The zero-order valence-corrected chi connectivity index (χ0v) is 18.7. The number of ether oxygens (including phenoxy) is 2. The van der Waals surface area contributed by atoms with E-state index in [9.17, 15) is 0 Å². The van der Waals surface area contributed by atoms with E-state index in [4.69, 9.17) is 25.2 Å². The number of imidazole rings is 1. The lowest BCUT2D eigenvalue weighted by Gasteiger charge is -2.27. The van der Waals surface area contributed by atoms with Gasteiger partial charge >= 0.3 is 0 Å². The van der Waals surface area contributed by atoms with Gasteiger partial charge in [0.05, 0.1) is 19.5 Å². The lowest BCUT2D eigenvalue weighted by atomic mass is 9.92. The second kappa shape index (κ2) is 11.1. The summed E-state index contributed by atoms with van der Waals surface area (Å²) in [6.07, 6.45) is 12.0. The molecule has 2 saturated carbocycles. The fourth-order valence-corrected chi connectivity index (χ4v) is 4.63. The van der Waals surface area contributed by atoms with Gasteiger partial charge in [0, 0.05) is 38.4 Å². The Labute approximate surface area is 184 Å². The van der Waals surface area contributed by atoms with Crippen molar-refractivity contribution in [2.45, 2.75) is 75.9 Å². The fraction of sp³-hybridized carbons (Fsp3) is 0.773. The third-order valence-corrected chi connectivity index (χ3v) is 6.43. The van der Waals surface area contributed by atoms with E-state index < -0.39 is 0 Å². The van der Waals surface area contributed by atoms with Crippen LogP contribution in [-0.4, -0.2) is 65.1 Å². The van der Waals surface area contributed by atoms with E-state index in [0.717, 1.165) is 55.6 Å². The molecule has 2 aromatic heterocycles. The summed E-state index contributed by atoms with van der Waals surface area (Å²) in [6.45, 7) is 2.71. The van der Waals surface area contributed by atoms with Crippen LogP contribution in [0.2, 0.25) is 0 Å². The van der Waals surface area contributed by atoms with Crippen LogP contribution in [0.25, 0.3) is 11.2 Å². The molecule has 2 fully saturated rings. The molecule has 4 rings (SSSR count). The van der Waals surface area contributed by atoms with Crippen molar-refractivity contribution in [1.82, 2.24) is 19.5 Å². The van der Waals surface area contributed by atoms with Gasteiger partial charge in [-0.25, -0.2) is 4.98 Å². The number of nitrogens with one attached hydrogen (secondary N) is 2. The molecule has 0 aromatic carbocycles. The highest BCUT2D eigenvalue weighted by Crippen LogP contribution is 2.33. The number of anilines is 2. The Morgan fingerprint density at radius 1 is 1.06 bits per heavy atom. The molecule has 31 heavy (non-hydrogen) atoms. The summed E-state index contributed by atoms with van der Waals surface area (Å²) >= 11 is 0. The van der Waals surface area contributed by atoms with E-state index >= 15 is 0 Å². The molecular formula is C22H37N7O2. The summed E-state index contributed by atoms with van der Waals surface area (Å²) in [4.78, 5) is 14.4. The van der Waals surface area contributed by atoms with Crippen molar-refractivity contribution >= 4 is 22.9 Å². The predicted molar refractivity (Wildman–Crippen MR) is 122 cm³/mol. The highest BCUT2D eigenvalue weighted by molar-refractivity contribution is 5.84. The molecule has 0 radical (unpaired) electrons. The lowest BCUT2D eigenvalue weighted by Crippen LogP contribution is -2.33. The molecule has 9 nitrogen and oxygen atoms in total. The van der Waals surface area contributed by atoms with Crippen molar-refractivity contribution in [2.24, 2.45) is 5.73 Å². The van der Waals surface area contributed by atoms with Gasteiger partial charge in [0.1, 0.15) is 0 Å². The van der Waals surface area contributed by atoms with Crippen LogP contribution in [0.3, 0.4) is 0 Å². The maximum Gasteiger partial charge on any atom is 0.227 e. The van der Waals surface area contributed by atoms with Crippen molar-refractivity contribution in [3.05, 3.63) is 6.33 Å². The molecule has 0 unspecified atom stereocenters. The average molecular weight is 432 g/mol. The van der Waals surface area contributed by atoms with Gasteiger partial charge in [-0.3, -0.25) is 0 Å². The highest BCUT2D eigenvalue weighted by Gasteiger charge is 2.23. The molecule has 9 heteroatoms. The predicted octanol–water partition coefficient (Wildman–Crippen LogP) is 3.09. The summed E-state index contributed by atoms with van der Waals surface area (Å²) in [7, 11) is 1.68. The summed E-state index contributed by atoms with van der Waals surface area (Å²) in [5, 5.41) is 7.04. The van der Waals surface area contributed by atoms with Crippen molar-refractivity contribution in [1.29, 1.82) is 0 Å². The molecule has 0 spiro atoms. The second-order valence-electron chi connectivity index (χ2n) is 8.80. The van der Waals surface area contributed by atoms with Crippen molar-refractivity contribution in [3.8, 4) is 0 Å². The van der Waals surface area contributed by atoms with E-state index in [-0.39, 0.29) is 0 Å². The summed E-state index contributed by atoms with van der Waals surface area (Å²) < 4.78 is 12.8. The maximum atomic E-state index is 6.07.